The van der Waals surface area contributed by atoms with Gasteiger partial charge in [0.25, 0.3) is 0 Å². The number of carbonyl (C=O) groups is 1. The third kappa shape index (κ3) is 4.85. The lowest BCUT2D eigenvalue weighted by molar-refractivity contribution is 0.0159. The molecule has 2 N–H and O–H groups in total. The Morgan fingerprint density at radius 2 is 2.00 bits per heavy atom. The van der Waals surface area contributed by atoms with Gasteiger partial charge in [0.05, 0.1) is 6.61 Å². The predicted molar refractivity (Wildman–Crippen MR) is 86.8 cm³/mol. The second kappa shape index (κ2) is 7.18. The van der Waals surface area contributed by atoms with Gasteiger partial charge in [-0.05, 0) is 52.4 Å². The molecule has 0 aromatic rings. The Bertz CT molecular complexity index is 373. The van der Waals surface area contributed by atoms with Crippen LogP contribution in [0.25, 0.3) is 0 Å². The molecule has 5 heteroatoms. The molecule has 1 saturated carbocycles. The maximum Gasteiger partial charge on any atom is 0.410 e. The number of nitrogens with zero attached hydrogens (tertiary/aromatic N) is 1. The van der Waals surface area contributed by atoms with E-state index in [-0.39, 0.29) is 18.2 Å². The van der Waals surface area contributed by atoms with Gasteiger partial charge in [-0.25, -0.2) is 4.79 Å². The lowest BCUT2D eigenvalue weighted by Crippen LogP contribution is -2.51. The Morgan fingerprint density at radius 1 is 1.32 bits per heavy atom. The van der Waals surface area contributed by atoms with Gasteiger partial charge in [0.2, 0.25) is 0 Å². The van der Waals surface area contributed by atoms with E-state index in [1.165, 1.54) is 12.8 Å². The third-order valence-electron chi connectivity index (χ3n) is 4.80. The molecule has 0 spiro atoms. The van der Waals surface area contributed by atoms with Gasteiger partial charge in [0.15, 0.2) is 0 Å². The summed E-state index contributed by atoms with van der Waals surface area (Å²) >= 11 is 0. The largest absolute Gasteiger partial charge is 0.444 e. The van der Waals surface area contributed by atoms with E-state index in [0.29, 0.717) is 5.92 Å². The Hall–Kier alpha value is -0.810. The van der Waals surface area contributed by atoms with Crippen LogP contribution in [0.15, 0.2) is 0 Å². The molecule has 128 valence electrons. The van der Waals surface area contributed by atoms with Gasteiger partial charge in [-0.3, -0.25) is 0 Å². The van der Waals surface area contributed by atoms with E-state index < -0.39 is 5.60 Å². The van der Waals surface area contributed by atoms with Crippen LogP contribution in [0.1, 0.15) is 59.3 Å². The van der Waals surface area contributed by atoms with E-state index in [1.807, 2.05) is 25.7 Å². The topological polar surface area (TPSA) is 61.8 Å². The summed E-state index contributed by atoms with van der Waals surface area (Å²) in [7, 11) is 0. The van der Waals surface area contributed by atoms with Crippen LogP contribution in [-0.4, -0.2) is 53.5 Å². The Morgan fingerprint density at radius 3 is 2.59 bits per heavy atom. The first-order valence-corrected chi connectivity index (χ1v) is 8.67. The van der Waals surface area contributed by atoms with Crippen molar-refractivity contribution in [2.75, 3.05) is 26.2 Å². The molecule has 1 saturated heterocycles. The molecule has 0 radical (unpaired) electrons. The molecule has 1 heterocycles. The van der Waals surface area contributed by atoms with Gasteiger partial charge >= 0.3 is 6.09 Å². The Kier molecular flexibility index (Phi) is 5.72. The summed E-state index contributed by atoms with van der Waals surface area (Å²) in [5.41, 5.74) is -0.513. The van der Waals surface area contributed by atoms with Crippen molar-refractivity contribution in [1.82, 2.24) is 10.2 Å². The maximum absolute atomic E-state index is 12.2. The minimum atomic E-state index is -0.437. The highest BCUT2D eigenvalue weighted by atomic mass is 16.6. The maximum atomic E-state index is 12.2. The molecule has 1 unspecified atom stereocenters. The number of piperidine rings is 1. The van der Waals surface area contributed by atoms with Gasteiger partial charge in [-0.1, -0.05) is 12.8 Å². The van der Waals surface area contributed by atoms with Crippen LogP contribution in [0.5, 0.6) is 0 Å². The summed E-state index contributed by atoms with van der Waals surface area (Å²) < 4.78 is 5.47. The molecule has 0 aromatic carbocycles. The van der Waals surface area contributed by atoms with Crippen molar-refractivity contribution in [3.05, 3.63) is 0 Å². The molecule has 1 aliphatic heterocycles. The highest BCUT2D eigenvalue weighted by Crippen LogP contribution is 2.29. The molecule has 2 aliphatic rings. The van der Waals surface area contributed by atoms with Gasteiger partial charge in [0.1, 0.15) is 5.60 Å². The highest BCUT2D eigenvalue weighted by Gasteiger charge is 2.34. The molecular weight excluding hydrogens is 280 g/mol. The SMILES string of the molecule is CC(C)(C)OC(=O)N1CCCC(CNC2(CO)CCCC2)C1. The number of carbonyl (C=O) groups excluding carboxylic acids is 1. The van der Waals surface area contributed by atoms with E-state index in [2.05, 4.69) is 5.32 Å². The van der Waals surface area contributed by atoms with Crippen LogP contribution in [0.2, 0.25) is 0 Å². The van der Waals surface area contributed by atoms with E-state index in [0.717, 1.165) is 45.3 Å². The number of hydrogen-bond donors (Lipinski definition) is 2. The second-order valence-electron chi connectivity index (χ2n) is 7.96. The Labute approximate surface area is 134 Å². The molecule has 2 fully saturated rings. The second-order valence-corrected chi connectivity index (χ2v) is 7.96. The average Bonchev–Trinajstić information content (AvgIpc) is 2.93. The highest BCUT2D eigenvalue weighted by molar-refractivity contribution is 5.68. The minimum Gasteiger partial charge on any atom is -0.444 e. The number of aliphatic hydroxyl groups is 1. The van der Waals surface area contributed by atoms with Gasteiger partial charge in [-0.15, -0.1) is 0 Å². The van der Waals surface area contributed by atoms with Crippen LogP contribution < -0.4 is 5.32 Å². The van der Waals surface area contributed by atoms with Gasteiger partial charge in [-0.2, -0.15) is 0 Å². The summed E-state index contributed by atoms with van der Waals surface area (Å²) in [6.45, 7) is 8.34. The first-order chi connectivity index (χ1) is 10.3. The summed E-state index contributed by atoms with van der Waals surface area (Å²) in [5, 5.41) is 13.3. The smallest absolute Gasteiger partial charge is 0.410 e. The quantitative estimate of drug-likeness (QED) is 0.837. The van der Waals surface area contributed by atoms with E-state index in [4.69, 9.17) is 4.74 Å². The Balaban J connectivity index is 1.81. The normalized spacial score (nSPS) is 25.3. The van der Waals surface area contributed by atoms with Crippen LogP contribution in [-0.2, 0) is 4.74 Å². The summed E-state index contributed by atoms with van der Waals surface area (Å²) in [5.74, 6) is 0.449. The zero-order valence-electron chi connectivity index (χ0n) is 14.4. The summed E-state index contributed by atoms with van der Waals surface area (Å²) in [6.07, 6.45) is 6.48. The van der Waals surface area contributed by atoms with Crippen molar-refractivity contribution in [1.29, 1.82) is 0 Å². The number of rotatable bonds is 4. The molecule has 5 nitrogen and oxygen atoms in total. The molecule has 1 atom stereocenters. The van der Waals surface area contributed by atoms with Crippen LogP contribution in [0, 0.1) is 5.92 Å². The molecule has 0 aromatic heterocycles. The fraction of sp³-hybridized carbons (Fsp3) is 0.941. The first kappa shape index (κ1) is 17.5. The van der Waals surface area contributed by atoms with Crippen molar-refractivity contribution >= 4 is 6.09 Å². The first-order valence-electron chi connectivity index (χ1n) is 8.67. The standard InChI is InChI=1S/C17H32N2O3/c1-16(2,3)22-15(21)19-10-6-7-14(12-19)11-18-17(13-20)8-4-5-9-17/h14,18,20H,4-13H2,1-3H3. The van der Waals surface area contributed by atoms with E-state index in [1.54, 1.807) is 0 Å². The molecule has 0 bridgehead atoms. The molecule has 1 amide bonds. The number of likely N-dealkylation sites (tertiary alicyclic amines) is 1. The van der Waals surface area contributed by atoms with Crippen molar-refractivity contribution < 1.29 is 14.6 Å². The number of nitrogens with one attached hydrogen (secondary N) is 1. The summed E-state index contributed by atoms with van der Waals surface area (Å²) in [4.78, 5) is 14.0. The van der Waals surface area contributed by atoms with E-state index in [9.17, 15) is 9.90 Å². The number of amides is 1. The van der Waals surface area contributed by atoms with Crippen LogP contribution >= 0.6 is 0 Å². The van der Waals surface area contributed by atoms with Crippen molar-refractivity contribution in [2.45, 2.75) is 70.4 Å². The van der Waals surface area contributed by atoms with Crippen molar-refractivity contribution in [2.24, 2.45) is 5.92 Å². The van der Waals surface area contributed by atoms with Crippen LogP contribution in [0.4, 0.5) is 4.79 Å². The monoisotopic (exact) mass is 312 g/mol. The van der Waals surface area contributed by atoms with E-state index >= 15 is 0 Å². The zero-order valence-corrected chi connectivity index (χ0v) is 14.4. The third-order valence-corrected chi connectivity index (χ3v) is 4.80. The number of ether oxygens (including phenoxy) is 1. The van der Waals surface area contributed by atoms with Crippen LogP contribution in [0.3, 0.4) is 0 Å². The number of aliphatic hydroxyl groups excluding tert-OH is 1. The lowest BCUT2D eigenvalue weighted by atomic mass is 9.94. The molecule has 1 aliphatic carbocycles. The average molecular weight is 312 g/mol. The predicted octanol–water partition coefficient (Wildman–Crippen LogP) is 2.53. The summed E-state index contributed by atoms with van der Waals surface area (Å²) in [6, 6.07) is 0. The van der Waals surface area contributed by atoms with Crippen molar-refractivity contribution in [3.63, 3.8) is 0 Å². The molecular formula is C17H32N2O3. The zero-order chi connectivity index (χ0) is 16.2. The fourth-order valence-corrected chi connectivity index (χ4v) is 3.53. The van der Waals surface area contributed by atoms with Gasteiger partial charge in [0, 0.05) is 25.2 Å². The minimum absolute atomic E-state index is 0.0752. The van der Waals surface area contributed by atoms with Crippen molar-refractivity contribution in [3.8, 4) is 0 Å². The molecule has 2 rings (SSSR count). The molecule has 22 heavy (non-hydrogen) atoms. The fourth-order valence-electron chi connectivity index (χ4n) is 3.53. The lowest BCUT2D eigenvalue weighted by Gasteiger charge is -2.36. The van der Waals surface area contributed by atoms with Gasteiger partial charge < -0.3 is 20.1 Å². The number of hydrogen-bond acceptors (Lipinski definition) is 4.